The molecule has 16 heavy (non-hydrogen) atoms. The first-order chi connectivity index (χ1) is 7.53. The van der Waals surface area contributed by atoms with Crippen molar-refractivity contribution in [3.63, 3.8) is 0 Å². The van der Waals surface area contributed by atoms with Crippen LogP contribution in [0.15, 0.2) is 18.7 Å². The van der Waals surface area contributed by atoms with Gasteiger partial charge in [0.1, 0.15) is 0 Å². The van der Waals surface area contributed by atoms with Crippen molar-refractivity contribution >= 4 is 5.91 Å². The second-order valence-electron chi connectivity index (χ2n) is 4.65. The van der Waals surface area contributed by atoms with Crippen molar-refractivity contribution in [2.75, 3.05) is 13.2 Å². The lowest BCUT2D eigenvalue weighted by Gasteiger charge is -2.21. The van der Waals surface area contributed by atoms with E-state index in [2.05, 4.69) is 10.3 Å². The first-order valence-electron chi connectivity index (χ1n) is 5.37. The summed E-state index contributed by atoms with van der Waals surface area (Å²) >= 11 is 0. The average molecular weight is 225 g/mol. The molecule has 0 atom stereocenters. The van der Waals surface area contributed by atoms with Gasteiger partial charge in [0.05, 0.1) is 6.33 Å². The molecule has 1 aromatic rings. The molecule has 0 aliphatic carbocycles. The fourth-order valence-electron chi connectivity index (χ4n) is 1.13. The molecular formula is C11H19N3O2. The molecule has 90 valence electrons. The number of rotatable bonds is 6. The van der Waals surface area contributed by atoms with Crippen molar-refractivity contribution in [3.05, 3.63) is 18.7 Å². The van der Waals surface area contributed by atoms with Crippen LogP contribution in [-0.2, 0) is 11.3 Å². The Bertz CT molecular complexity index is 320. The molecule has 0 fully saturated rings. The van der Waals surface area contributed by atoms with Crippen LogP contribution in [-0.4, -0.2) is 33.7 Å². The van der Waals surface area contributed by atoms with Gasteiger partial charge in [-0.2, -0.15) is 0 Å². The average Bonchev–Trinajstić information content (AvgIpc) is 2.76. The van der Waals surface area contributed by atoms with Crippen LogP contribution >= 0.6 is 0 Å². The van der Waals surface area contributed by atoms with E-state index in [1.54, 1.807) is 12.5 Å². The summed E-state index contributed by atoms with van der Waals surface area (Å²) in [6, 6.07) is 0. The van der Waals surface area contributed by atoms with Gasteiger partial charge in [0.25, 0.3) is 0 Å². The van der Waals surface area contributed by atoms with Crippen LogP contribution in [0.1, 0.15) is 20.3 Å². The Hall–Kier alpha value is -1.36. The lowest BCUT2D eigenvalue weighted by molar-refractivity contribution is -0.121. The molecule has 0 aliphatic rings. The second kappa shape index (κ2) is 5.65. The number of carbonyl (C=O) groups excluding carboxylic acids is 1. The van der Waals surface area contributed by atoms with Gasteiger partial charge in [-0.3, -0.25) is 4.79 Å². The molecule has 0 saturated heterocycles. The Morgan fingerprint density at radius 3 is 2.88 bits per heavy atom. The Labute approximate surface area is 95.5 Å². The fraction of sp³-hybridized carbons (Fsp3) is 0.636. The summed E-state index contributed by atoms with van der Waals surface area (Å²) in [6.45, 7) is 5.00. The molecule has 0 aromatic carbocycles. The second-order valence-corrected chi connectivity index (χ2v) is 4.65. The van der Waals surface area contributed by atoms with Crippen LogP contribution in [0.5, 0.6) is 0 Å². The monoisotopic (exact) mass is 225 g/mol. The Morgan fingerprint density at radius 1 is 1.56 bits per heavy atom. The third-order valence-electron chi connectivity index (χ3n) is 2.35. The molecule has 5 nitrogen and oxygen atoms in total. The molecule has 1 heterocycles. The van der Waals surface area contributed by atoms with Crippen LogP contribution in [0.2, 0.25) is 0 Å². The van der Waals surface area contributed by atoms with Gasteiger partial charge in [-0.1, -0.05) is 13.8 Å². The molecule has 0 unspecified atom stereocenters. The van der Waals surface area contributed by atoms with Gasteiger partial charge in [-0.05, 0) is 0 Å². The minimum Gasteiger partial charge on any atom is -0.396 e. The highest BCUT2D eigenvalue weighted by molar-refractivity contribution is 5.75. The van der Waals surface area contributed by atoms with E-state index in [0.29, 0.717) is 19.5 Å². The van der Waals surface area contributed by atoms with Gasteiger partial charge in [0, 0.05) is 43.9 Å². The largest absolute Gasteiger partial charge is 0.396 e. The van der Waals surface area contributed by atoms with Crippen molar-refractivity contribution in [2.24, 2.45) is 5.41 Å². The van der Waals surface area contributed by atoms with Gasteiger partial charge >= 0.3 is 0 Å². The SMILES string of the molecule is CC(C)(CO)CNC(=O)CCn1ccnc1. The summed E-state index contributed by atoms with van der Waals surface area (Å²) in [4.78, 5) is 15.4. The quantitative estimate of drug-likeness (QED) is 0.736. The van der Waals surface area contributed by atoms with Crippen molar-refractivity contribution in [3.8, 4) is 0 Å². The Balaban J connectivity index is 2.21. The minimum absolute atomic E-state index is 0.00442. The fourth-order valence-corrected chi connectivity index (χ4v) is 1.13. The van der Waals surface area contributed by atoms with Crippen molar-refractivity contribution < 1.29 is 9.90 Å². The zero-order chi connectivity index (χ0) is 12.0. The number of amides is 1. The highest BCUT2D eigenvalue weighted by atomic mass is 16.3. The summed E-state index contributed by atoms with van der Waals surface area (Å²) in [7, 11) is 0. The number of hydrogen-bond acceptors (Lipinski definition) is 3. The van der Waals surface area contributed by atoms with Gasteiger partial charge < -0.3 is 15.0 Å². The predicted octanol–water partition coefficient (Wildman–Crippen LogP) is 0.408. The molecular weight excluding hydrogens is 206 g/mol. The van der Waals surface area contributed by atoms with E-state index in [9.17, 15) is 4.79 Å². The summed E-state index contributed by atoms with van der Waals surface area (Å²) in [6.07, 6.45) is 5.63. The van der Waals surface area contributed by atoms with Crippen molar-refractivity contribution in [1.29, 1.82) is 0 Å². The molecule has 0 aliphatic heterocycles. The number of hydrogen-bond donors (Lipinski definition) is 2. The zero-order valence-electron chi connectivity index (χ0n) is 9.81. The number of aromatic nitrogens is 2. The van der Waals surface area contributed by atoms with E-state index < -0.39 is 0 Å². The number of carbonyl (C=O) groups is 1. The third kappa shape index (κ3) is 4.44. The molecule has 5 heteroatoms. The minimum atomic E-state index is -0.259. The Morgan fingerprint density at radius 2 is 2.31 bits per heavy atom. The third-order valence-corrected chi connectivity index (χ3v) is 2.35. The molecule has 1 aromatic heterocycles. The van der Waals surface area contributed by atoms with Crippen LogP contribution in [0.25, 0.3) is 0 Å². The molecule has 0 spiro atoms. The van der Waals surface area contributed by atoms with Crippen molar-refractivity contribution in [1.82, 2.24) is 14.9 Å². The lowest BCUT2D eigenvalue weighted by atomic mass is 9.95. The molecule has 1 rings (SSSR count). The van der Waals surface area contributed by atoms with E-state index >= 15 is 0 Å². The van der Waals surface area contributed by atoms with Gasteiger partial charge in [-0.15, -0.1) is 0 Å². The van der Waals surface area contributed by atoms with E-state index in [1.807, 2.05) is 24.6 Å². The summed E-state index contributed by atoms with van der Waals surface area (Å²) < 4.78 is 1.86. The highest BCUT2D eigenvalue weighted by Crippen LogP contribution is 2.11. The normalized spacial score (nSPS) is 11.4. The van der Waals surface area contributed by atoms with Crippen LogP contribution in [0.3, 0.4) is 0 Å². The van der Waals surface area contributed by atoms with Gasteiger partial charge in [0.15, 0.2) is 0 Å². The van der Waals surface area contributed by atoms with E-state index in [4.69, 9.17) is 5.11 Å². The first-order valence-corrected chi connectivity index (χ1v) is 5.37. The molecule has 0 bridgehead atoms. The van der Waals surface area contributed by atoms with E-state index in [-0.39, 0.29) is 17.9 Å². The lowest BCUT2D eigenvalue weighted by Crippen LogP contribution is -2.36. The smallest absolute Gasteiger partial charge is 0.221 e. The van der Waals surface area contributed by atoms with Crippen LogP contribution < -0.4 is 5.32 Å². The number of nitrogens with one attached hydrogen (secondary N) is 1. The van der Waals surface area contributed by atoms with Crippen LogP contribution in [0.4, 0.5) is 0 Å². The standard InChI is InChI=1S/C11H19N3O2/c1-11(2,8-15)7-13-10(16)3-5-14-6-4-12-9-14/h4,6,9,15H,3,5,7-8H2,1-2H3,(H,13,16). The molecule has 1 amide bonds. The highest BCUT2D eigenvalue weighted by Gasteiger charge is 2.17. The number of aryl methyl sites for hydroxylation is 1. The number of aliphatic hydroxyl groups is 1. The van der Waals surface area contributed by atoms with E-state index in [0.717, 1.165) is 0 Å². The molecule has 2 N–H and O–H groups in total. The summed E-state index contributed by atoms with van der Waals surface area (Å²) in [5.74, 6) is -0.00442. The topological polar surface area (TPSA) is 67.2 Å². The summed E-state index contributed by atoms with van der Waals surface area (Å²) in [5.41, 5.74) is -0.259. The molecule has 0 saturated carbocycles. The number of imidazole rings is 1. The first kappa shape index (κ1) is 12.7. The zero-order valence-corrected chi connectivity index (χ0v) is 9.81. The van der Waals surface area contributed by atoms with Gasteiger partial charge in [-0.25, -0.2) is 4.98 Å². The number of nitrogens with zero attached hydrogens (tertiary/aromatic N) is 2. The van der Waals surface area contributed by atoms with Crippen LogP contribution in [0, 0.1) is 5.41 Å². The maximum absolute atomic E-state index is 11.5. The Kier molecular flexibility index (Phi) is 4.49. The van der Waals surface area contributed by atoms with E-state index in [1.165, 1.54) is 0 Å². The maximum atomic E-state index is 11.5. The summed E-state index contributed by atoms with van der Waals surface area (Å²) in [5, 5.41) is 11.8. The molecule has 0 radical (unpaired) electrons. The maximum Gasteiger partial charge on any atom is 0.221 e. The predicted molar refractivity (Wildman–Crippen MR) is 60.7 cm³/mol. The number of aliphatic hydroxyl groups excluding tert-OH is 1. The van der Waals surface area contributed by atoms with Crippen molar-refractivity contribution in [2.45, 2.75) is 26.8 Å². The van der Waals surface area contributed by atoms with Gasteiger partial charge in [0.2, 0.25) is 5.91 Å².